The fourth-order valence-electron chi connectivity index (χ4n) is 4.53. The van der Waals surface area contributed by atoms with Gasteiger partial charge in [-0.1, -0.05) is 13.3 Å². The van der Waals surface area contributed by atoms with Gasteiger partial charge >= 0.3 is 0 Å². The number of aryl methyl sites for hydroxylation is 1. The second-order valence-electron chi connectivity index (χ2n) is 8.29. The lowest BCUT2D eigenvalue weighted by atomic mass is 10.1. The number of hydrogen-bond acceptors (Lipinski definition) is 5. The molecular formula is C24H34N4OS. The molecule has 3 aromatic rings. The minimum atomic E-state index is -0.00176. The summed E-state index contributed by atoms with van der Waals surface area (Å²) in [5, 5.41) is 14.2. The van der Waals surface area contributed by atoms with E-state index in [4.69, 9.17) is 9.84 Å². The molecule has 5 nitrogen and oxygen atoms in total. The Morgan fingerprint density at radius 3 is 2.77 bits per heavy atom. The average molecular weight is 427 g/mol. The van der Waals surface area contributed by atoms with E-state index in [-0.39, 0.29) is 6.23 Å². The van der Waals surface area contributed by atoms with E-state index < -0.39 is 0 Å². The van der Waals surface area contributed by atoms with E-state index in [2.05, 4.69) is 63.8 Å². The van der Waals surface area contributed by atoms with Gasteiger partial charge in [0.15, 0.2) is 0 Å². The zero-order valence-electron chi connectivity index (χ0n) is 18.4. The van der Waals surface area contributed by atoms with Crippen molar-refractivity contribution in [3.05, 3.63) is 46.3 Å². The molecule has 2 aromatic heterocycles. The molecule has 1 aromatic carbocycles. The summed E-state index contributed by atoms with van der Waals surface area (Å²) in [5.74, 6) is 0. The number of benzene rings is 1. The quantitative estimate of drug-likeness (QED) is 0.432. The molecule has 1 N–H and O–H groups in total. The second kappa shape index (κ2) is 9.94. The summed E-state index contributed by atoms with van der Waals surface area (Å²) in [6, 6.07) is 9.32. The number of anilines is 1. The summed E-state index contributed by atoms with van der Waals surface area (Å²) in [7, 11) is 1.78. The molecule has 4 rings (SSSR count). The van der Waals surface area contributed by atoms with Gasteiger partial charge in [-0.2, -0.15) is 16.4 Å². The highest BCUT2D eigenvalue weighted by Crippen LogP contribution is 2.30. The number of fused-ring (bicyclic) bond motifs is 1. The number of nitrogens with one attached hydrogen (secondary N) is 1. The van der Waals surface area contributed by atoms with Crippen molar-refractivity contribution in [3.63, 3.8) is 0 Å². The molecular weight excluding hydrogens is 392 g/mol. The molecule has 0 aliphatic carbocycles. The van der Waals surface area contributed by atoms with Crippen molar-refractivity contribution in [3.8, 4) is 0 Å². The molecule has 1 aliphatic heterocycles. The van der Waals surface area contributed by atoms with Crippen molar-refractivity contribution in [1.29, 1.82) is 0 Å². The molecule has 2 atom stereocenters. The summed E-state index contributed by atoms with van der Waals surface area (Å²) in [6.07, 6.45) is 5.90. The first-order chi connectivity index (χ1) is 14.7. The Kier molecular flexibility index (Phi) is 7.08. The van der Waals surface area contributed by atoms with E-state index in [1.165, 1.54) is 36.9 Å². The highest BCUT2D eigenvalue weighted by atomic mass is 32.1. The number of unbranched alkanes of at least 4 members (excludes halogenated alkanes) is 1. The SMILES string of the molecule is CCCCC(OC)n1nc(C)c2cc(NCC(c3ccsc3)N3CCCC3)ccc21. The van der Waals surface area contributed by atoms with Crippen LogP contribution in [0.5, 0.6) is 0 Å². The average Bonchev–Trinajstić information content (AvgIpc) is 3.52. The molecule has 30 heavy (non-hydrogen) atoms. The van der Waals surface area contributed by atoms with Gasteiger partial charge in [-0.15, -0.1) is 0 Å². The van der Waals surface area contributed by atoms with Crippen LogP contribution in [0.15, 0.2) is 35.0 Å². The zero-order chi connectivity index (χ0) is 20.9. The third-order valence-corrected chi connectivity index (χ3v) is 6.95. The summed E-state index contributed by atoms with van der Waals surface area (Å²) < 4.78 is 7.81. The largest absolute Gasteiger partial charge is 0.383 e. The Hall–Kier alpha value is -1.89. The number of thiophene rings is 1. The first kappa shape index (κ1) is 21.3. The van der Waals surface area contributed by atoms with Crippen molar-refractivity contribution in [2.24, 2.45) is 0 Å². The van der Waals surface area contributed by atoms with Crippen molar-refractivity contribution in [1.82, 2.24) is 14.7 Å². The van der Waals surface area contributed by atoms with Gasteiger partial charge in [0, 0.05) is 24.7 Å². The molecule has 0 saturated carbocycles. The van der Waals surface area contributed by atoms with Crippen LogP contribution in [-0.4, -0.2) is 41.4 Å². The van der Waals surface area contributed by atoms with Gasteiger partial charge in [-0.25, -0.2) is 4.68 Å². The van der Waals surface area contributed by atoms with Gasteiger partial charge in [-0.05, 0) is 86.3 Å². The summed E-state index contributed by atoms with van der Waals surface area (Å²) in [5.41, 5.74) is 4.79. The van der Waals surface area contributed by atoms with E-state index in [0.29, 0.717) is 6.04 Å². The van der Waals surface area contributed by atoms with Crippen LogP contribution in [0.3, 0.4) is 0 Å². The van der Waals surface area contributed by atoms with Crippen LogP contribution in [0, 0.1) is 6.92 Å². The second-order valence-corrected chi connectivity index (χ2v) is 9.07. The summed E-state index contributed by atoms with van der Waals surface area (Å²) in [6.45, 7) is 7.62. The van der Waals surface area contributed by atoms with Gasteiger partial charge in [-0.3, -0.25) is 4.90 Å². The Morgan fingerprint density at radius 1 is 1.23 bits per heavy atom. The molecule has 3 heterocycles. The van der Waals surface area contributed by atoms with Crippen LogP contribution in [0.4, 0.5) is 5.69 Å². The van der Waals surface area contributed by atoms with Crippen LogP contribution in [-0.2, 0) is 4.74 Å². The van der Waals surface area contributed by atoms with Crippen molar-refractivity contribution in [2.75, 3.05) is 32.1 Å². The van der Waals surface area contributed by atoms with E-state index in [1.54, 1.807) is 18.4 Å². The molecule has 2 unspecified atom stereocenters. The minimum absolute atomic E-state index is 0.00176. The normalized spacial score (nSPS) is 16.9. The highest BCUT2D eigenvalue weighted by molar-refractivity contribution is 7.08. The fourth-order valence-corrected chi connectivity index (χ4v) is 5.24. The van der Waals surface area contributed by atoms with Crippen molar-refractivity contribution in [2.45, 2.75) is 58.2 Å². The lowest BCUT2D eigenvalue weighted by molar-refractivity contribution is 0.0286. The van der Waals surface area contributed by atoms with Crippen LogP contribution < -0.4 is 5.32 Å². The topological polar surface area (TPSA) is 42.3 Å². The predicted molar refractivity (Wildman–Crippen MR) is 126 cm³/mol. The monoisotopic (exact) mass is 426 g/mol. The first-order valence-corrected chi connectivity index (χ1v) is 12.2. The van der Waals surface area contributed by atoms with Gasteiger partial charge < -0.3 is 10.1 Å². The van der Waals surface area contributed by atoms with Gasteiger partial charge in [0.1, 0.15) is 6.23 Å². The summed E-state index contributed by atoms with van der Waals surface area (Å²) in [4.78, 5) is 2.62. The Morgan fingerprint density at radius 2 is 2.07 bits per heavy atom. The molecule has 0 bridgehead atoms. The molecule has 0 spiro atoms. The number of nitrogens with zero attached hydrogens (tertiary/aromatic N) is 3. The molecule has 162 valence electrons. The van der Waals surface area contributed by atoms with E-state index in [9.17, 15) is 0 Å². The third kappa shape index (κ3) is 4.56. The van der Waals surface area contributed by atoms with Gasteiger partial charge in [0.25, 0.3) is 0 Å². The molecule has 6 heteroatoms. The smallest absolute Gasteiger partial charge is 0.150 e. The van der Waals surface area contributed by atoms with Crippen LogP contribution in [0.1, 0.15) is 62.6 Å². The lowest BCUT2D eigenvalue weighted by Gasteiger charge is -2.27. The number of aromatic nitrogens is 2. The standard InChI is InChI=1S/C24H34N4OS/c1-4-5-8-24(29-3)28-22-10-9-20(15-21(22)18(2)26-28)25-16-23(19-11-14-30-17-19)27-12-6-7-13-27/h9-11,14-15,17,23-25H,4-8,12-13,16H2,1-3H3. The first-order valence-electron chi connectivity index (χ1n) is 11.2. The minimum Gasteiger partial charge on any atom is -0.383 e. The van der Waals surface area contributed by atoms with Crippen LogP contribution in [0.25, 0.3) is 10.9 Å². The zero-order valence-corrected chi connectivity index (χ0v) is 19.3. The number of likely N-dealkylation sites (tertiary alicyclic amines) is 1. The predicted octanol–water partition coefficient (Wildman–Crippen LogP) is 5.99. The molecule has 1 aliphatic rings. The van der Waals surface area contributed by atoms with Crippen LogP contribution >= 0.6 is 11.3 Å². The van der Waals surface area contributed by atoms with E-state index in [1.807, 2.05) is 0 Å². The molecule has 1 saturated heterocycles. The maximum atomic E-state index is 5.75. The number of methoxy groups -OCH3 is 1. The molecule has 0 radical (unpaired) electrons. The Bertz CT molecular complexity index is 930. The maximum absolute atomic E-state index is 5.75. The summed E-state index contributed by atoms with van der Waals surface area (Å²) >= 11 is 1.79. The lowest BCUT2D eigenvalue weighted by Crippen LogP contribution is -2.30. The fraction of sp³-hybridized carbons (Fsp3) is 0.542. The maximum Gasteiger partial charge on any atom is 0.150 e. The van der Waals surface area contributed by atoms with Crippen molar-refractivity contribution >= 4 is 27.9 Å². The number of rotatable bonds is 10. The number of hydrogen-bond donors (Lipinski definition) is 1. The molecule has 0 amide bonds. The molecule has 1 fully saturated rings. The third-order valence-electron chi connectivity index (χ3n) is 6.25. The van der Waals surface area contributed by atoms with E-state index in [0.717, 1.165) is 42.7 Å². The Labute approximate surface area is 184 Å². The van der Waals surface area contributed by atoms with Crippen molar-refractivity contribution < 1.29 is 4.74 Å². The van der Waals surface area contributed by atoms with Gasteiger partial charge in [0.05, 0.1) is 17.3 Å². The Balaban J connectivity index is 1.52. The highest BCUT2D eigenvalue weighted by Gasteiger charge is 2.24. The van der Waals surface area contributed by atoms with E-state index >= 15 is 0 Å². The number of ether oxygens (including phenoxy) is 1. The van der Waals surface area contributed by atoms with Gasteiger partial charge in [0.2, 0.25) is 0 Å². The van der Waals surface area contributed by atoms with Crippen LogP contribution in [0.2, 0.25) is 0 Å².